The van der Waals surface area contributed by atoms with E-state index >= 15 is 0 Å². The second-order valence-corrected chi connectivity index (χ2v) is 6.84. The molecule has 0 aromatic rings. The summed E-state index contributed by atoms with van der Waals surface area (Å²) in [4.78, 5) is 23.4. The van der Waals surface area contributed by atoms with Crippen LogP contribution in [0, 0.1) is 11.8 Å². The van der Waals surface area contributed by atoms with Crippen LogP contribution in [0.2, 0.25) is 0 Å². The molecule has 126 valence electrons. The van der Waals surface area contributed by atoms with Gasteiger partial charge in [-0.15, -0.1) is 0 Å². The van der Waals surface area contributed by atoms with Crippen LogP contribution in [0.3, 0.4) is 0 Å². The van der Waals surface area contributed by atoms with Crippen LogP contribution >= 0.6 is 0 Å². The van der Waals surface area contributed by atoms with E-state index in [4.69, 9.17) is 9.47 Å². The fourth-order valence-electron chi connectivity index (χ4n) is 3.63. The van der Waals surface area contributed by atoms with Crippen LogP contribution in [-0.2, 0) is 19.1 Å². The Labute approximate surface area is 133 Å². The summed E-state index contributed by atoms with van der Waals surface area (Å²) in [6.45, 7) is 2.41. The second kappa shape index (κ2) is 8.51. The van der Waals surface area contributed by atoms with Crippen molar-refractivity contribution in [2.24, 2.45) is 11.8 Å². The standard InChI is InChI=1S/C17H29NO4/c1-12-4-3-5-15(10-12)22-11-16(19)18-14-8-6-13(7-9-14)17(20)21-2/h12-15H,3-11H2,1-2H3,(H,18,19). The van der Waals surface area contributed by atoms with E-state index in [1.807, 2.05) is 0 Å². The van der Waals surface area contributed by atoms with Gasteiger partial charge in [-0.3, -0.25) is 9.59 Å². The lowest BCUT2D eigenvalue weighted by Crippen LogP contribution is -2.41. The van der Waals surface area contributed by atoms with Crippen LogP contribution in [-0.4, -0.2) is 37.7 Å². The maximum Gasteiger partial charge on any atom is 0.308 e. The quantitative estimate of drug-likeness (QED) is 0.792. The van der Waals surface area contributed by atoms with E-state index in [9.17, 15) is 9.59 Å². The maximum atomic E-state index is 12.0. The van der Waals surface area contributed by atoms with Crippen LogP contribution in [0.4, 0.5) is 0 Å². The van der Waals surface area contributed by atoms with Gasteiger partial charge in [0.1, 0.15) is 6.61 Å². The highest BCUT2D eigenvalue weighted by atomic mass is 16.5. The topological polar surface area (TPSA) is 64.6 Å². The van der Waals surface area contributed by atoms with Crippen LogP contribution < -0.4 is 5.32 Å². The van der Waals surface area contributed by atoms with Gasteiger partial charge in [-0.25, -0.2) is 0 Å². The lowest BCUT2D eigenvalue weighted by atomic mass is 9.86. The average molecular weight is 311 g/mol. The molecule has 0 bridgehead atoms. The van der Waals surface area contributed by atoms with Gasteiger partial charge in [0, 0.05) is 6.04 Å². The fraction of sp³-hybridized carbons (Fsp3) is 0.882. The first-order chi connectivity index (χ1) is 10.6. The average Bonchev–Trinajstić information content (AvgIpc) is 2.53. The van der Waals surface area contributed by atoms with Crippen molar-refractivity contribution in [3.63, 3.8) is 0 Å². The van der Waals surface area contributed by atoms with Gasteiger partial charge in [0.15, 0.2) is 0 Å². The molecule has 2 fully saturated rings. The predicted molar refractivity (Wildman–Crippen MR) is 83.3 cm³/mol. The second-order valence-electron chi connectivity index (χ2n) is 6.84. The van der Waals surface area contributed by atoms with Gasteiger partial charge in [-0.2, -0.15) is 0 Å². The SMILES string of the molecule is COC(=O)C1CCC(NC(=O)COC2CCCC(C)C2)CC1. The van der Waals surface area contributed by atoms with Gasteiger partial charge in [0.2, 0.25) is 5.91 Å². The molecule has 0 spiro atoms. The van der Waals surface area contributed by atoms with Crippen molar-refractivity contribution in [1.82, 2.24) is 5.32 Å². The minimum Gasteiger partial charge on any atom is -0.469 e. The molecule has 0 aliphatic heterocycles. The number of hydrogen-bond acceptors (Lipinski definition) is 4. The Hall–Kier alpha value is -1.10. The molecule has 2 aliphatic rings. The first-order valence-electron chi connectivity index (χ1n) is 8.57. The van der Waals surface area contributed by atoms with E-state index in [0.717, 1.165) is 38.5 Å². The minimum absolute atomic E-state index is 0.00173. The van der Waals surface area contributed by atoms with Crippen LogP contribution in [0.15, 0.2) is 0 Å². The molecule has 0 aromatic heterocycles. The Bertz CT molecular complexity index is 377. The Morgan fingerprint density at radius 1 is 1.09 bits per heavy atom. The molecule has 2 atom stereocenters. The summed E-state index contributed by atoms with van der Waals surface area (Å²) in [5.41, 5.74) is 0. The van der Waals surface area contributed by atoms with Crippen LogP contribution in [0.5, 0.6) is 0 Å². The first-order valence-corrected chi connectivity index (χ1v) is 8.57. The van der Waals surface area contributed by atoms with Gasteiger partial charge >= 0.3 is 5.97 Å². The van der Waals surface area contributed by atoms with Gasteiger partial charge in [-0.05, 0) is 44.4 Å². The highest BCUT2D eigenvalue weighted by molar-refractivity contribution is 5.77. The Kier molecular flexibility index (Phi) is 6.68. The minimum atomic E-state index is -0.125. The van der Waals surface area contributed by atoms with Gasteiger partial charge in [0.05, 0.1) is 19.1 Å². The highest BCUT2D eigenvalue weighted by Gasteiger charge is 2.28. The molecule has 2 aliphatic carbocycles. The number of nitrogens with one attached hydrogen (secondary N) is 1. The molecular formula is C17H29NO4. The smallest absolute Gasteiger partial charge is 0.308 e. The monoisotopic (exact) mass is 311 g/mol. The van der Waals surface area contributed by atoms with Crippen molar-refractivity contribution < 1.29 is 19.1 Å². The van der Waals surface area contributed by atoms with E-state index in [1.165, 1.54) is 20.0 Å². The molecule has 1 amide bonds. The summed E-state index contributed by atoms with van der Waals surface area (Å²) in [7, 11) is 1.43. The lowest BCUT2D eigenvalue weighted by Gasteiger charge is -2.29. The number of ether oxygens (including phenoxy) is 2. The predicted octanol–water partition coefficient (Wildman–Crippen LogP) is 2.43. The lowest BCUT2D eigenvalue weighted by molar-refractivity contribution is -0.146. The molecule has 22 heavy (non-hydrogen) atoms. The van der Waals surface area contributed by atoms with Crippen molar-refractivity contribution in [1.29, 1.82) is 0 Å². The maximum absolute atomic E-state index is 12.0. The van der Waals surface area contributed by atoms with E-state index in [0.29, 0.717) is 5.92 Å². The molecule has 1 N–H and O–H groups in total. The number of carbonyl (C=O) groups is 2. The summed E-state index contributed by atoms with van der Waals surface area (Å²) < 4.78 is 10.5. The van der Waals surface area contributed by atoms with Crippen molar-refractivity contribution in [2.75, 3.05) is 13.7 Å². The zero-order valence-electron chi connectivity index (χ0n) is 13.8. The molecule has 2 rings (SSSR count). The third kappa shape index (κ3) is 5.27. The molecule has 0 heterocycles. The van der Waals surface area contributed by atoms with Crippen LogP contribution in [0.1, 0.15) is 58.3 Å². The molecular weight excluding hydrogens is 282 g/mol. The van der Waals surface area contributed by atoms with E-state index < -0.39 is 0 Å². The number of methoxy groups -OCH3 is 1. The molecule has 0 radical (unpaired) electrons. The summed E-state index contributed by atoms with van der Waals surface area (Å²) >= 11 is 0. The summed E-state index contributed by atoms with van der Waals surface area (Å²) in [5.74, 6) is 0.549. The third-order valence-electron chi connectivity index (χ3n) is 4.97. The zero-order chi connectivity index (χ0) is 15.9. The highest BCUT2D eigenvalue weighted by Crippen LogP contribution is 2.26. The molecule has 5 nitrogen and oxygen atoms in total. The Morgan fingerprint density at radius 3 is 2.45 bits per heavy atom. The fourth-order valence-corrected chi connectivity index (χ4v) is 3.63. The van der Waals surface area contributed by atoms with Gasteiger partial charge in [-0.1, -0.05) is 19.8 Å². The van der Waals surface area contributed by atoms with Crippen molar-refractivity contribution in [3.05, 3.63) is 0 Å². The Balaban J connectivity index is 1.62. The van der Waals surface area contributed by atoms with E-state index in [2.05, 4.69) is 12.2 Å². The zero-order valence-corrected chi connectivity index (χ0v) is 13.8. The number of hydrogen-bond donors (Lipinski definition) is 1. The third-order valence-corrected chi connectivity index (χ3v) is 4.97. The van der Waals surface area contributed by atoms with Crippen molar-refractivity contribution in [3.8, 4) is 0 Å². The van der Waals surface area contributed by atoms with Gasteiger partial charge in [0.25, 0.3) is 0 Å². The first kappa shape index (κ1) is 17.3. The van der Waals surface area contributed by atoms with Crippen LogP contribution in [0.25, 0.3) is 0 Å². The molecule has 2 unspecified atom stereocenters. The summed E-state index contributed by atoms with van der Waals surface area (Å²) in [6, 6.07) is 0.169. The number of esters is 1. The largest absolute Gasteiger partial charge is 0.469 e. The van der Waals surface area contributed by atoms with E-state index in [1.54, 1.807) is 0 Å². The number of carbonyl (C=O) groups excluding carboxylic acids is 2. The number of rotatable bonds is 5. The normalized spacial score (nSPS) is 32.3. The summed E-state index contributed by atoms with van der Waals surface area (Å²) in [6.07, 6.45) is 8.11. The van der Waals surface area contributed by atoms with Crippen molar-refractivity contribution in [2.45, 2.75) is 70.4 Å². The molecule has 0 saturated heterocycles. The summed E-state index contributed by atoms with van der Waals surface area (Å²) in [5, 5.41) is 3.03. The van der Waals surface area contributed by atoms with Gasteiger partial charge < -0.3 is 14.8 Å². The van der Waals surface area contributed by atoms with E-state index in [-0.39, 0.29) is 36.5 Å². The number of amides is 1. The molecule has 0 aromatic carbocycles. The Morgan fingerprint density at radius 2 is 1.82 bits per heavy atom. The molecule has 2 saturated carbocycles. The molecule has 5 heteroatoms. The van der Waals surface area contributed by atoms with Crippen molar-refractivity contribution >= 4 is 11.9 Å².